The van der Waals surface area contributed by atoms with Gasteiger partial charge in [-0.3, -0.25) is 0 Å². The molecule has 134 valence electrons. The molecular formula is C23H35F. The molecular weight excluding hydrogens is 295 g/mol. The number of hydrogen-bond donors (Lipinski definition) is 0. The molecule has 2 unspecified atom stereocenters. The zero-order valence-corrected chi connectivity index (χ0v) is 15.7. The molecule has 0 amide bonds. The molecule has 0 spiro atoms. The third-order valence-electron chi connectivity index (χ3n) is 5.46. The molecule has 0 saturated heterocycles. The van der Waals surface area contributed by atoms with Gasteiger partial charge in [0, 0.05) is 0 Å². The van der Waals surface area contributed by atoms with Crippen LogP contribution in [0.5, 0.6) is 0 Å². The van der Waals surface area contributed by atoms with E-state index in [0.717, 1.165) is 49.1 Å². The Morgan fingerprint density at radius 1 is 0.875 bits per heavy atom. The summed E-state index contributed by atoms with van der Waals surface area (Å²) in [6.07, 6.45) is 18.2. The van der Waals surface area contributed by atoms with Gasteiger partial charge in [-0.25, -0.2) is 4.39 Å². The predicted octanol–water partition coefficient (Wildman–Crippen LogP) is 7.26. The minimum absolute atomic E-state index is 0.00359. The lowest BCUT2D eigenvalue weighted by Crippen LogP contribution is -2.09. The third-order valence-corrected chi connectivity index (χ3v) is 5.46. The Kier molecular flexibility index (Phi) is 8.56. The monoisotopic (exact) mass is 330 g/mol. The summed E-state index contributed by atoms with van der Waals surface area (Å²) >= 11 is 0. The Hall–Kier alpha value is -1.11. The van der Waals surface area contributed by atoms with Crippen molar-refractivity contribution in [2.24, 2.45) is 11.8 Å². The van der Waals surface area contributed by atoms with E-state index in [9.17, 15) is 4.39 Å². The summed E-state index contributed by atoms with van der Waals surface area (Å²) in [6, 6.07) is 5.90. The maximum absolute atomic E-state index is 14.1. The van der Waals surface area contributed by atoms with Gasteiger partial charge < -0.3 is 0 Å². The number of aryl methyl sites for hydroxylation is 2. The van der Waals surface area contributed by atoms with Crippen LogP contribution in [-0.4, -0.2) is 0 Å². The molecule has 1 aliphatic carbocycles. The highest BCUT2D eigenvalue weighted by molar-refractivity contribution is 5.25. The van der Waals surface area contributed by atoms with Crippen LogP contribution in [-0.2, 0) is 12.8 Å². The fraction of sp³-hybridized carbons (Fsp3) is 0.652. The van der Waals surface area contributed by atoms with Crippen molar-refractivity contribution in [1.29, 1.82) is 0 Å². The van der Waals surface area contributed by atoms with Crippen LogP contribution in [0.3, 0.4) is 0 Å². The lowest BCUT2D eigenvalue weighted by molar-refractivity contribution is 0.410. The molecule has 0 aromatic heterocycles. The highest BCUT2D eigenvalue weighted by Gasteiger charge is 2.15. The van der Waals surface area contributed by atoms with E-state index in [1.165, 1.54) is 38.5 Å². The molecule has 0 heterocycles. The molecule has 0 N–H and O–H groups in total. The Morgan fingerprint density at radius 3 is 2.21 bits per heavy atom. The number of allylic oxidation sites excluding steroid dienone is 2. The number of rotatable bonds is 10. The van der Waals surface area contributed by atoms with Crippen molar-refractivity contribution in [3.05, 3.63) is 47.3 Å². The minimum atomic E-state index is -0.00359. The number of halogens is 1. The van der Waals surface area contributed by atoms with Crippen LogP contribution in [0.15, 0.2) is 30.4 Å². The first kappa shape index (κ1) is 19.2. The van der Waals surface area contributed by atoms with Crippen molar-refractivity contribution in [1.82, 2.24) is 0 Å². The normalized spacial score (nSPS) is 20.5. The summed E-state index contributed by atoms with van der Waals surface area (Å²) in [5.74, 6) is 1.49. The smallest absolute Gasteiger partial charge is 0.126 e. The van der Waals surface area contributed by atoms with Crippen LogP contribution in [0.1, 0.15) is 82.8 Å². The van der Waals surface area contributed by atoms with Crippen LogP contribution in [0.4, 0.5) is 4.39 Å². The van der Waals surface area contributed by atoms with Gasteiger partial charge in [-0.05, 0) is 74.0 Å². The average Bonchev–Trinajstić information content (AvgIpc) is 2.60. The van der Waals surface area contributed by atoms with Crippen LogP contribution >= 0.6 is 0 Å². The van der Waals surface area contributed by atoms with E-state index in [0.29, 0.717) is 5.92 Å². The highest BCUT2D eigenvalue weighted by atomic mass is 19.1. The van der Waals surface area contributed by atoms with E-state index < -0.39 is 0 Å². The Bertz CT molecular complexity index is 503. The van der Waals surface area contributed by atoms with E-state index in [-0.39, 0.29) is 5.82 Å². The first-order valence-corrected chi connectivity index (χ1v) is 10.2. The molecule has 1 heteroatoms. The standard InChI is InChI=1S/C23H35F/c1-3-5-7-8-19-10-12-20(13-11-19)14-15-21-16-17-22(9-6-4-2)23(24)18-21/h10,12,16-20H,3-9,11,13-15H2,1-2H3. The summed E-state index contributed by atoms with van der Waals surface area (Å²) in [6.45, 7) is 4.42. The van der Waals surface area contributed by atoms with Crippen LogP contribution in [0.25, 0.3) is 0 Å². The molecule has 0 saturated carbocycles. The van der Waals surface area contributed by atoms with Crippen LogP contribution in [0.2, 0.25) is 0 Å². The second-order valence-corrected chi connectivity index (χ2v) is 7.55. The molecule has 1 aliphatic rings. The van der Waals surface area contributed by atoms with Crippen molar-refractivity contribution in [2.45, 2.75) is 84.5 Å². The zero-order valence-electron chi connectivity index (χ0n) is 15.7. The molecule has 24 heavy (non-hydrogen) atoms. The molecule has 0 aliphatic heterocycles. The van der Waals surface area contributed by atoms with Gasteiger partial charge in [0.1, 0.15) is 5.82 Å². The van der Waals surface area contributed by atoms with Gasteiger partial charge in [0.05, 0.1) is 0 Å². The first-order chi connectivity index (χ1) is 11.7. The molecule has 2 atom stereocenters. The summed E-state index contributed by atoms with van der Waals surface area (Å²) < 4.78 is 14.1. The van der Waals surface area contributed by atoms with Gasteiger partial charge >= 0.3 is 0 Å². The van der Waals surface area contributed by atoms with Gasteiger partial charge in [0.15, 0.2) is 0 Å². The molecule has 1 aromatic carbocycles. The van der Waals surface area contributed by atoms with Crippen LogP contribution < -0.4 is 0 Å². The largest absolute Gasteiger partial charge is 0.207 e. The summed E-state index contributed by atoms with van der Waals surface area (Å²) in [7, 11) is 0. The topological polar surface area (TPSA) is 0 Å². The zero-order chi connectivity index (χ0) is 17.2. The molecule has 2 rings (SSSR count). The lowest BCUT2D eigenvalue weighted by atomic mass is 9.83. The lowest BCUT2D eigenvalue weighted by Gasteiger charge is -2.23. The van der Waals surface area contributed by atoms with Crippen molar-refractivity contribution < 1.29 is 4.39 Å². The van der Waals surface area contributed by atoms with Crippen molar-refractivity contribution >= 4 is 0 Å². The fourth-order valence-corrected chi connectivity index (χ4v) is 3.74. The van der Waals surface area contributed by atoms with Crippen molar-refractivity contribution in [3.8, 4) is 0 Å². The molecule has 0 nitrogen and oxygen atoms in total. The molecule has 0 bridgehead atoms. The fourth-order valence-electron chi connectivity index (χ4n) is 3.74. The highest BCUT2D eigenvalue weighted by Crippen LogP contribution is 2.29. The van der Waals surface area contributed by atoms with E-state index >= 15 is 0 Å². The number of unbranched alkanes of at least 4 members (excludes halogenated alkanes) is 3. The van der Waals surface area contributed by atoms with E-state index in [4.69, 9.17) is 0 Å². The number of hydrogen-bond acceptors (Lipinski definition) is 0. The van der Waals surface area contributed by atoms with E-state index in [1.54, 1.807) is 6.07 Å². The minimum Gasteiger partial charge on any atom is -0.207 e. The summed E-state index contributed by atoms with van der Waals surface area (Å²) in [5.41, 5.74) is 2.04. The quantitative estimate of drug-likeness (QED) is 0.313. The van der Waals surface area contributed by atoms with Gasteiger partial charge in [-0.2, -0.15) is 0 Å². The van der Waals surface area contributed by atoms with Crippen molar-refractivity contribution in [3.63, 3.8) is 0 Å². The van der Waals surface area contributed by atoms with Gasteiger partial charge in [0.2, 0.25) is 0 Å². The van der Waals surface area contributed by atoms with Gasteiger partial charge in [0.25, 0.3) is 0 Å². The molecule has 0 fully saturated rings. The first-order valence-electron chi connectivity index (χ1n) is 10.2. The maximum atomic E-state index is 14.1. The Balaban J connectivity index is 1.75. The Labute approximate surface area is 148 Å². The van der Waals surface area contributed by atoms with E-state index in [1.807, 2.05) is 6.07 Å². The number of benzene rings is 1. The second kappa shape index (κ2) is 10.7. The molecule has 1 aromatic rings. The maximum Gasteiger partial charge on any atom is 0.126 e. The van der Waals surface area contributed by atoms with Crippen LogP contribution in [0, 0.1) is 17.7 Å². The predicted molar refractivity (Wildman–Crippen MR) is 103 cm³/mol. The van der Waals surface area contributed by atoms with Gasteiger partial charge in [-0.15, -0.1) is 0 Å². The van der Waals surface area contributed by atoms with Gasteiger partial charge in [-0.1, -0.05) is 63.8 Å². The van der Waals surface area contributed by atoms with E-state index in [2.05, 4.69) is 32.1 Å². The molecule has 0 radical (unpaired) electrons. The summed E-state index contributed by atoms with van der Waals surface area (Å²) in [4.78, 5) is 0. The Morgan fingerprint density at radius 2 is 1.58 bits per heavy atom. The second-order valence-electron chi connectivity index (χ2n) is 7.55. The third kappa shape index (κ3) is 6.42. The average molecular weight is 331 g/mol. The summed E-state index contributed by atoms with van der Waals surface area (Å²) in [5, 5.41) is 0. The van der Waals surface area contributed by atoms with Crippen molar-refractivity contribution in [2.75, 3.05) is 0 Å². The SMILES string of the molecule is CCCCCC1C=CC(CCc2ccc(CCCC)c(F)c2)CC1.